The SMILES string of the molecule is CC1(C)O[C@H]2O[C@H]([C@@H](O)CO)[C@@H](OCc3ccccc3)[C@@H]2O1. The molecule has 1 aromatic rings. The summed E-state index contributed by atoms with van der Waals surface area (Å²) in [5.41, 5.74) is 1.02. The molecule has 2 heterocycles. The maximum atomic E-state index is 9.94. The zero-order chi connectivity index (χ0) is 15.7. The lowest BCUT2D eigenvalue weighted by molar-refractivity contribution is -0.232. The predicted octanol–water partition coefficient (Wildman–Crippen LogP) is 0.801. The molecule has 5 atom stereocenters. The first kappa shape index (κ1) is 15.9. The van der Waals surface area contributed by atoms with Crippen LogP contribution in [-0.2, 0) is 25.6 Å². The van der Waals surface area contributed by atoms with Gasteiger partial charge in [0.15, 0.2) is 12.1 Å². The van der Waals surface area contributed by atoms with Crippen molar-refractivity contribution in [2.45, 2.75) is 56.9 Å². The Balaban J connectivity index is 1.71. The molecule has 2 saturated heterocycles. The molecule has 0 aliphatic carbocycles. The summed E-state index contributed by atoms with van der Waals surface area (Å²) in [6.07, 6.45) is -3.25. The van der Waals surface area contributed by atoms with Gasteiger partial charge in [0.05, 0.1) is 13.2 Å². The second kappa shape index (κ2) is 6.23. The van der Waals surface area contributed by atoms with Gasteiger partial charge in [0.1, 0.15) is 24.4 Å². The highest BCUT2D eigenvalue weighted by Gasteiger charge is 2.56. The van der Waals surface area contributed by atoms with Crippen LogP contribution in [0.15, 0.2) is 30.3 Å². The molecule has 0 amide bonds. The van der Waals surface area contributed by atoms with Crippen LogP contribution in [0.25, 0.3) is 0 Å². The Kier molecular flexibility index (Phi) is 4.49. The maximum absolute atomic E-state index is 9.94. The lowest BCUT2D eigenvalue weighted by Gasteiger charge is -2.28. The molecule has 122 valence electrons. The second-order valence-electron chi connectivity index (χ2n) is 6.08. The van der Waals surface area contributed by atoms with Gasteiger partial charge in [0.25, 0.3) is 0 Å². The maximum Gasteiger partial charge on any atom is 0.190 e. The van der Waals surface area contributed by atoms with E-state index in [9.17, 15) is 10.2 Å². The minimum Gasteiger partial charge on any atom is -0.394 e. The molecule has 22 heavy (non-hydrogen) atoms. The van der Waals surface area contributed by atoms with Crippen LogP contribution in [0.4, 0.5) is 0 Å². The van der Waals surface area contributed by atoms with Crippen LogP contribution in [0.1, 0.15) is 19.4 Å². The fourth-order valence-corrected chi connectivity index (χ4v) is 2.87. The van der Waals surface area contributed by atoms with Gasteiger partial charge in [-0.25, -0.2) is 0 Å². The van der Waals surface area contributed by atoms with Crippen LogP contribution in [-0.4, -0.2) is 53.3 Å². The minimum absolute atomic E-state index is 0.372. The fourth-order valence-electron chi connectivity index (χ4n) is 2.87. The summed E-state index contributed by atoms with van der Waals surface area (Å²) < 4.78 is 23.1. The Labute approximate surface area is 129 Å². The van der Waals surface area contributed by atoms with Crippen molar-refractivity contribution >= 4 is 0 Å². The number of aliphatic hydroxyl groups is 2. The van der Waals surface area contributed by atoms with E-state index >= 15 is 0 Å². The summed E-state index contributed by atoms with van der Waals surface area (Å²) in [5.74, 6) is -0.751. The zero-order valence-electron chi connectivity index (χ0n) is 12.7. The third-order valence-electron chi connectivity index (χ3n) is 3.88. The number of hydrogen-bond acceptors (Lipinski definition) is 6. The van der Waals surface area contributed by atoms with Crippen LogP contribution in [0.2, 0.25) is 0 Å². The Bertz CT molecular complexity index is 491. The molecule has 3 rings (SSSR count). The first-order chi connectivity index (χ1) is 10.5. The van der Waals surface area contributed by atoms with E-state index in [1.54, 1.807) is 13.8 Å². The highest BCUT2D eigenvalue weighted by molar-refractivity contribution is 5.13. The summed E-state index contributed by atoms with van der Waals surface area (Å²) in [4.78, 5) is 0. The molecule has 6 heteroatoms. The smallest absolute Gasteiger partial charge is 0.190 e. The fraction of sp³-hybridized carbons (Fsp3) is 0.625. The largest absolute Gasteiger partial charge is 0.394 e. The van der Waals surface area contributed by atoms with Crippen LogP contribution < -0.4 is 0 Å². The summed E-state index contributed by atoms with van der Waals surface area (Å²) in [6.45, 7) is 3.58. The average Bonchev–Trinajstić information content (AvgIpc) is 2.97. The van der Waals surface area contributed by atoms with Crippen LogP contribution in [0.3, 0.4) is 0 Å². The summed E-state index contributed by atoms with van der Waals surface area (Å²) in [5, 5.41) is 19.1. The van der Waals surface area contributed by atoms with E-state index in [0.29, 0.717) is 6.61 Å². The van der Waals surface area contributed by atoms with Crippen molar-refractivity contribution in [3.05, 3.63) is 35.9 Å². The molecular formula is C16H22O6. The number of rotatable bonds is 5. The Morgan fingerprint density at radius 1 is 1.23 bits per heavy atom. The number of aliphatic hydroxyl groups excluding tert-OH is 2. The van der Waals surface area contributed by atoms with Crippen LogP contribution >= 0.6 is 0 Å². The number of benzene rings is 1. The highest BCUT2D eigenvalue weighted by Crippen LogP contribution is 2.39. The highest BCUT2D eigenvalue weighted by atomic mass is 16.8. The van der Waals surface area contributed by atoms with Gasteiger partial charge in [-0.3, -0.25) is 0 Å². The summed E-state index contributed by atoms with van der Waals surface area (Å²) in [7, 11) is 0. The van der Waals surface area contributed by atoms with Gasteiger partial charge in [-0.1, -0.05) is 30.3 Å². The van der Waals surface area contributed by atoms with Gasteiger partial charge in [0.2, 0.25) is 0 Å². The van der Waals surface area contributed by atoms with Crippen molar-refractivity contribution < 1.29 is 29.2 Å². The lowest BCUT2D eigenvalue weighted by atomic mass is 10.1. The minimum atomic E-state index is -1.04. The molecule has 0 bridgehead atoms. The normalized spacial score (nSPS) is 34.5. The topological polar surface area (TPSA) is 77.4 Å². The van der Waals surface area contributed by atoms with E-state index < -0.39 is 43.1 Å². The van der Waals surface area contributed by atoms with Gasteiger partial charge in [0, 0.05) is 0 Å². The summed E-state index contributed by atoms with van der Waals surface area (Å²) >= 11 is 0. The molecule has 0 radical (unpaired) electrons. The van der Waals surface area contributed by atoms with Gasteiger partial charge < -0.3 is 29.2 Å². The number of hydrogen-bond donors (Lipinski definition) is 2. The quantitative estimate of drug-likeness (QED) is 0.838. The Hall–Kier alpha value is -1.02. The molecular weight excluding hydrogens is 288 g/mol. The van der Waals surface area contributed by atoms with E-state index in [0.717, 1.165) is 5.56 Å². The van der Waals surface area contributed by atoms with Crippen molar-refractivity contribution in [1.29, 1.82) is 0 Å². The van der Waals surface area contributed by atoms with Gasteiger partial charge in [-0.05, 0) is 19.4 Å². The van der Waals surface area contributed by atoms with E-state index in [2.05, 4.69) is 0 Å². The predicted molar refractivity (Wildman–Crippen MR) is 76.8 cm³/mol. The van der Waals surface area contributed by atoms with Gasteiger partial charge in [-0.2, -0.15) is 0 Å². The van der Waals surface area contributed by atoms with Gasteiger partial charge in [-0.15, -0.1) is 0 Å². The third kappa shape index (κ3) is 3.17. The molecule has 2 aliphatic rings. The van der Waals surface area contributed by atoms with Crippen molar-refractivity contribution in [1.82, 2.24) is 0 Å². The van der Waals surface area contributed by atoms with Crippen molar-refractivity contribution in [2.24, 2.45) is 0 Å². The Morgan fingerprint density at radius 2 is 1.95 bits per heavy atom. The first-order valence-corrected chi connectivity index (χ1v) is 7.46. The molecule has 2 N–H and O–H groups in total. The van der Waals surface area contributed by atoms with Gasteiger partial charge >= 0.3 is 0 Å². The molecule has 2 aliphatic heterocycles. The van der Waals surface area contributed by atoms with E-state index in [4.69, 9.17) is 18.9 Å². The molecule has 2 fully saturated rings. The number of fused-ring (bicyclic) bond motifs is 1. The van der Waals surface area contributed by atoms with Crippen LogP contribution in [0, 0.1) is 0 Å². The molecule has 0 unspecified atom stereocenters. The standard InChI is InChI=1S/C16H22O6/c1-16(2)21-14-13(19-9-10-6-4-3-5-7-10)12(11(18)8-17)20-15(14)22-16/h3-7,11-15,17-18H,8-9H2,1-2H3/t11-,12+,13+,14-,15+/m0/s1. The lowest BCUT2D eigenvalue weighted by Crippen LogP contribution is -2.44. The van der Waals surface area contributed by atoms with E-state index in [1.165, 1.54) is 0 Å². The van der Waals surface area contributed by atoms with Crippen LogP contribution in [0.5, 0.6) is 0 Å². The summed E-state index contributed by atoms with van der Waals surface area (Å²) in [6, 6.07) is 9.73. The first-order valence-electron chi connectivity index (χ1n) is 7.46. The molecule has 1 aromatic carbocycles. The van der Waals surface area contributed by atoms with Crippen molar-refractivity contribution in [2.75, 3.05) is 6.61 Å². The monoisotopic (exact) mass is 310 g/mol. The Morgan fingerprint density at radius 3 is 2.64 bits per heavy atom. The molecule has 0 saturated carbocycles. The molecule has 6 nitrogen and oxygen atoms in total. The third-order valence-corrected chi connectivity index (χ3v) is 3.88. The molecule has 0 spiro atoms. The van der Waals surface area contributed by atoms with Crippen molar-refractivity contribution in [3.8, 4) is 0 Å². The number of ether oxygens (including phenoxy) is 4. The molecule has 0 aromatic heterocycles. The van der Waals surface area contributed by atoms with Crippen molar-refractivity contribution in [3.63, 3.8) is 0 Å². The average molecular weight is 310 g/mol. The van der Waals surface area contributed by atoms with E-state index in [1.807, 2.05) is 30.3 Å². The van der Waals surface area contributed by atoms with E-state index in [-0.39, 0.29) is 0 Å². The second-order valence-corrected chi connectivity index (χ2v) is 6.08. The zero-order valence-corrected chi connectivity index (χ0v) is 12.7.